The molecule has 3 atom stereocenters. The standard InChI is InChI=1S/C25H30O3/c1-25(2,3)28-23-16-22(15-14-20-10-6-4-7-11-20)27-24(17-23)19-26-18-21-12-8-5-9-13-21/h4-13,22-24H,16-19H2,1-3H3/t22?,23-,24+/m1/s1. The predicted molar refractivity (Wildman–Crippen MR) is 112 cm³/mol. The molecule has 1 heterocycles. The summed E-state index contributed by atoms with van der Waals surface area (Å²) in [6.07, 6.45) is 1.57. The van der Waals surface area contributed by atoms with Crippen LogP contribution in [-0.2, 0) is 20.8 Å². The highest BCUT2D eigenvalue weighted by Crippen LogP contribution is 2.26. The van der Waals surface area contributed by atoms with Crippen LogP contribution in [0.3, 0.4) is 0 Å². The Bertz CT molecular complexity index is 768. The zero-order valence-electron chi connectivity index (χ0n) is 17.1. The molecule has 1 unspecified atom stereocenters. The molecule has 0 N–H and O–H groups in total. The van der Waals surface area contributed by atoms with Crippen molar-refractivity contribution < 1.29 is 14.2 Å². The Morgan fingerprint density at radius 3 is 2.32 bits per heavy atom. The summed E-state index contributed by atoms with van der Waals surface area (Å²) in [6, 6.07) is 20.2. The molecule has 1 aliphatic rings. The Morgan fingerprint density at radius 1 is 0.964 bits per heavy atom. The number of hydrogen-bond donors (Lipinski definition) is 0. The lowest BCUT2D eigenvalue weighted by atomic mass is 9.99. The molecular weight excluding hydrogens is 348 g/mol. The van der Waals surface area contributed by atoms with Crippen LogP contribution in [0.25, 0.3) is 0 Å². The highest BCUT2D eigenvalue weighted by molar-refractivity contribution is 5.34. The zero-order valence-corrected chi connectivity index (χ0v) is 17.1. The first kappa shape index (κ1) is 20.6. The second kappa shape index (κ2) is 9.89. The van der Waals surface area contributed by atoms with E-state index in [0.717, 1.165) is 18.4 Å². The van der Waals surface area contributed by atoms with E-state index in [0.29, 0.717) is 13.2 Å². The van der Waals surface area contributed by atoms with Crippen molar-refractivity contribution in [3.63, 3.8) is 0 Å². The van der Waals surface area contributed by atoms with Gasteiger partial charge in [0, 0.05) is 18.4 Å². The molecule has 0 saturated carbocycles. The summed E-state index contributed by atoms with van der Waals surface area (Å²) >= 11 is 0. The van der Waals surface area contributed by atoms with E-state index in [9.17, 15) is 0 Å². The number of benzene rings is 2. The fourth-order valence-corrected chi connectivity index (χ4v) is 3.34. The third-order valence-electron chi connectivity index (χ3n) is 4.45. The Kier molecular flexibility index (Phi) is 7.28. The highest BCUT2D eigenvalue weighted by atomic mass is 16.6. The minimum atomic E-state index is -0.186. The van der Waals surface area contributed by atoms with E-state index in [-0.39, 0.29) is 23.9 Å². The molecule has 2 aromatic carbocycles. The summed E-state index contributed by atoms with van der Waals surface area (Å²) in [5.41, 5.74) is 1.98. The second-order valence-corrected chi connectivity index (χ2v) is 8.21. The van der Waals surface area contributed by atoms with Crippen molar-refractivity contribution in [3.8, 4) is 11.8 Å². The Hall–Kier alpha value is -2.12. The first-order valence-corrected chi connectivity index (χ1v) is 9.99. The average Bonchev–Trinajstić information content (AvgIpc) is 2.67. The Balaban J connectivity index is 1.61. The highest BCUT2D eigenvalue weighted by Gasteiger charge is 2.32. The van der Waals surface area contributed by atoms with E-state index in [1.165, 1.54) is 5.56 Å². The molecule has 0 aliphatic carbocycles. The topological polar surface area (TPSA) is 27.7 Å². The van der Waals surface area contributed by atoms with Gasteiger partial charge in [-0.3, -0.25) is 0 Å². The van der Waals surface area contributed by atoms with E-state index in [1.54, 1.807) is 0 Å². The minimum absolute atomic E-state index is 0.0140. The van der Waals surface area contributed by atoms with Gasteiger partial charge < -0.3 is 14.2 Å². The molecule has 0 bridgehead atoms. The van der Waals surface area contributed by atoms with E-state index in [1.807, 2.05) is 48.5 Å². The van der Waals surface area contributed by atoms with Crippen LogP contribution in [-0.4, -0.2) is 30.5 Å². The first-order valence-electron chi connectivity index (χ1n) is 9.99. The van der Waals surface area contributed by atoms with Crippen molar-refractivity contribution in [1.82, 2.24) is 0 Å². The first-order chi connectivity index (χ1) is 13.5. The van der Waals surface area contributed by atoms with Crippen molar-refractivity contribution in [2.45, 2.75) is 64.1 Å². The van der Waals surface area contributed by atoms with Crippen LogP contribution < -0.4 is 0 Å². The zero-order chi connectivity index (χ0) is 19.8. The SMILES string of the molecule is CC(C)(C)O[C@@H]1CC(C#Cc2ccccc2)O[C@H](COCc2ccccc2)C1. The van der Waals surface area contributed by atoms with Gasteiger partial charge in [-0.05, 0) is 38.5 Å². The maximum Gasteiger partial charge on any atom is 0.121 e. The summed E-state index contributed by atoms with van der Waals surface area (Å²) in [5, 5.41) is 0. The van der Waals surface area contributed by atoms with E-state index < -0.39 is 0 Å². The third kappa shape index (κ3) is 7.13. The Morgan fingerprint density at radius 2 is 1.64 bits per heavy atom. The lowest BCUT2D eigenvalue weighted by Gasteiger charge is -2.36. The molecule has 1 aliphatic heterocycles. The second-order valence-electron chi connectivity index (χ2n) is 8.21. The summed E-state index contributed by atoms with van der Waals surface area (Å²) in [7, 11) is 0. The lowest BCUT2D eigenvalue weighted by Crippen LogP contribution is -2.41. The maximum atomic E-state index is 6.25. The van der Waals surface area contributed by atoms with Gasteiger partial charge in [0.05, 0.1) is 31.0 Å². The molecule has 0 aromatic heterocycles. The van der Waals surface area contributed by atoms with Crippen molar-refractivity contribution in [1.29, 1.82) is 0 Å². The predicted octanol–water partition coefficient (Wildman–Crippen LogP) is 4.99. The fourth-order valence-electron chi connectivity index (χ4n) is 3.34. The van der Waals surface area contributed by atoms with Crippen LogP contribution in [0, 0.1) is 11.8 Å². The van der Waals surface area contributed by atoms with Crippen molar-refractivity contribution >= 4 is 0 Å². The van der Waals surface area contributed by atoms with Crippen LogP contribution in [0.15, 0.2) is 60.7 Å². The monoisotopic (exact) mass is 378 g/mol. The van der Waals surface area contributed by atoms with Gasteiger partial charge >= 0.3 is 0 Å². The number of ether oxygens (including phenoxy) is 3. The van der Waals surface area contributed by atoms with Gasteiger partial charge in [0.25, 0.3) is 0 Å². The van der Waals surface area contributed by atoms with Crippen LogP contribution in [0.4, 0.5) is 0 Å². The molecule has 1 fully saturated rings. The molecule has 3 nitrogen and oxygen atoms in total. The average molecular weight is 379 g/mol. The van der Waals surface area contributed by atoms with Crippen molar-refractivity contribution in [2.24, 2.45) is 0 Å². The van der Waals surface area contributed by atoms with Gasteiger partial charge in [0.15, 0.2) is 0 Å². The molecule has 3 heteroatoms. The summed E-state index contributed by atoms with van der Waals surface area (Å²) in [4.78, 5) is 0. The van der Waals surface area contributed by atoms with Crippen molar-refractivity contribution in [3.05, 3.63) is 71.8 Å². The maximum absolute atomic E-state index is 6.25. The molecular formula is C25H30O3. The molecule has 0 spiro atoms. The van der Waals surface area contributed by atoms with Gasteiger partial charge in [0.1, 0.15) is 6.10 Å². The normalized spacial score (nSPS) is 22.3. The van der Waals surface area contributed by atoms with Crippen LogP contribution in [0.2, 0.25) is 0 Å². The Labute approximate surface area is 169 Å². The molecule has 1 saturated heterocycles. The van der Waals surface area contributed by atoms with Crippen LogP contribution in [0.5, 0.6) is 0 Å². The molecule has 3 rings (SSSR count). The molecule has 0 amide bonds. The minimum Gasteiger partial charge on any atom is -0.374 e. The number of rotatable bonds is 5. The van der Waals surface area contributed by atoms with E-state index >= 15 is 0 Å². The van der Waals surface area contributed by atoms with Gasteiger partial charge in [0.2, 0.25) is 0 Å². The van der Waals surface area contributed by atoms with Crippen molar-refractivity contribution in [2.75, 3.05) is 6.61 Å². The molecule has 148 valence electrons. The molecule has 0 radical (unpaired) electrons. The quantitative estimate of drug-likeness (QED) is 0.686. The van der Waals surface area contributed by atoms with Gasteiger partial charge in [-0.25, -0.2) is 0 Å². The van der Waals surface area contributed by atoms with Crippen LogP contribution >= 0.6 is 0 Å². The molecule has 28 heavy (non-hydrogen) atoms. The smallest absolute Gasteiger partial charge is 0.121 e. The molecule has 2 aromatic rings. The largest absolute Gasteiger partial charge is 0.374 e. The van der Waals surface area contributed by atoms with Gasteiger partial charge in [-0.1, -0.05) is 60.4 Å². The fraction of sp³-hybridized carbons (Fsp3) is 0.440. The van der Waals surface area contributed by atoms with Gasteiger partial charge in [-0.2, -0.15) is 0 Å². The summed E-state index contributed by atoms with van der Waals surface area (Å²) in [6.45, 7) is 7.41. The third-order valence-corrected chi connectivity index (χ3v) is 4.45. The van der Waals surface area contributed by atoms with E-state index in [2.05, 4.69) is 44.7 Å². The van der Waals surface area contributed by atoms with E-state index in [4.69, 9.17) is 14.2 Å². The lowest BCUT2D eigenvalue weighted by molar-refractivity contribution is -0.151. The van der Waals surface area contributed by atoms with Crippen LogP contribution in [0.1, 0.15) is 44.7 Å². The van der Waals surface area contributed by atoms with Gasteiger partial charge in [-0.15, -0.1) is 0 Å². The summed E-state index contributed by atoms with van der Waals surface area (Å²) in [5.74, 6) is 6.51. The summed E-state index contributed by atoms with van der Waals surface area (Å²) < 4.78 is 18.4. The number of hydrogen-bond acceptors (Lipinski definition) is 3.